The standard InChI is InChI=1S/C14H17N5O4S3/c1-3-11(24-14-19-18-13(25-14)16-8(2)20)12(21)17-9-4-6-10(7-5-9)26(15,22)23/h4-7,11H,3H2,1-2H3,(H,17,21)(H2,15,22,23)(H,16,18,20)/t11-/m1/s1. The fourth-order valence-corrected chi connectivity index (χ4v) is 4.33. The first kappa shape index (κ1) is 20.3. The zero-order chi connectivity index (χ0) is 19.3. The number of nitrogens with two attached hydrogens (primary N) is 1. The van der Waals surface area contributed by atoms with Crippen LogP contribution in [0.25, 0.3) is 0 Å². The minimum absolute atomic E-state index is 0.0312. The Labute approximate surface area is 158 Å². The highest BCUT2D eigenvalue weighted by molar-refractivity contribution is 8.02. The number of carbonyl (C=O) groups is 2. The van der Waals surface area contributed by atoms with Gasteiger partial charge in [0.05, 0.1) is 10.1 Å². The molecule has 0 aliphatic rings. The van der Waals surface area contributed by atoms with Crippen molar-refractivity contribution in [2.45, 2.75) is 34.8 Å². The lowest BCUT2D eigenvalue weighted by atomic mass is 10.3. The molecular weight excluding hydrogens is 398 g/mol. The fourth-order valence-electron chi connectivity index (χ4n) is 1.85. The summed E-state index contributed by atoms with van der Waals surface area (Å²) in [7, 11) is -3.78. The van der Waals surface area contributed by atoms with Gasteiger partial charge in [0.2, 0.25) is 27.0 Å². The van der Waals surface area contributed by atoms with E-state index < -0.39 is 15.3 Å². The summed E-state index contributed by atoms with van der Waals surface area (Å²) in [6.07, 6.45) is 0.542. The molecule has 2 amide bonds. The van der Waals surface area contributed by atoms with Crippen LogP contribution in [0.5, 0.6) is 0 Å². The highest BCUT2D eigenvalue weighted by Gasteiger charge is 2.21. The van der Waals surface area contributed by atoms with Gasteiger partial charge in [-0.05, 0) is 30.7 Å². The van der Waals surface area contributed by atoms with Gasteiger partial charge >= 0.3 is 0 Å². The van der Waals surface area contributed by atoms with Gasteiger partial charge in [0.25, 0.3) is 0 Å². The second-order valence-electron chi connectivity index (χ2n) is 5.13. The number of nitrogens with one attached hydrogen (secondary N) is 2. The summed E-state index contributed by atoms with van der Waals surface area (Å²) >= 11 is 2.42. The van der Waals surface area contributed by atoms with Crippen molar-refractivity contribution < 1.29 is 18.0 Å². The van der Waals surface area contributed by atoms with Crippen molar-refractivity contribution in [3.05, 3.63) is 24.3 Å². The van der Waals surface area contributed by atoms with Crippen molar-refractivity contribution in [1.82, 2.24) is 10.2 Å². The van der Waals surface area contributed by atoms with Gasteiger partial charge in [-0.2, -0.15) is 0 Å². The maximum Gasteiger partial charge on any atom is 0.238 e. The van der Waals surface area contributed by atoms with Crippen LogP contribution in [0.2, 0.25) is 0 Å². The largest absolute Gasteiger partial charge is 0.325 e. The van der Waals surface area contributed by atoms with Crippen LogP contribution < -0.4 is 15.8 Å². The minimum Gasteiger partial charge on any atom is -0.325 e. The molecule has 2 aromatic rings. The molecule has 2 rings (SSSR count). The fraction of sp³-hybridized carbons (Fsp3) is 0.286. The molecule has 0 aliphatic carbocycles. The lowest BCUT2D eigenvalue weighted by molar-refractivity contribution is -0.116. The van der Waals surface area contributed by atoms with Crippen LogP contribution in [-0.4, -0.2) is 35.7 Å². The Morgan fingerprint density at radius 1 is 1.23 bits per heavy atom. The third-order valence-electron chi connectivity index (χ3n) is 3.05. The SMILES string of the molecule is CC[C@@H](Sc1nnc(NC(C)=O)s1)C(=O)Nc1ccc(S(N)(=O)=O)cc1. The Morgan fingerprint density at radius 2 is 1.88 bits per heavy atom. The number of anilines is 2. The molecule has 4 N–H and O–H groups in total. The summed E-state index contributed by atoms with van der Waals surface area (Å²) in [6, 6.07) is 5.58. The third-order valence-corrected chi connectivity index (χ3v) is 6.26. The molecule has 0 saturated heterocycles. The number of sulfonamides is 1. The minimum atomic E-state index is -3.78. The topological polar surface area (TPSA) is 144 Å². The molecule has 1 aromatic heterocycles. The lowest BCUT2D eigenvalue weighted by Gasteiger charge is -2.13. The third kappa shape index (κ3) is 5.76. The molecular formula is C14H17N5O4S3. The zero-order valence-electron chi connectivity index (χ0n) is 13.9. The van der Waals surface area contributed by atoms with E-state index in [1.54, 1.807) is 0 Å². The van der Waals surface area contributed by atoms with Crippen LogP contribution >= 0.6 is 23.1 Å². The van der Waals surface area contributed by atoms with Crippen molar-refractivity contribution >= 4 is 55.8 Å². The number of rotatable bonds is 7. The summed E-state index contributed by atoms with van der Waals surface area (Å²) in [4.78, 5) is 23.4. The molecule has 1 atom stereocenters. The van der Waals surface area contributed by atoms with Crippen molar-refractivity contribution in [2.24, 2.45) is 5.14 Å². The smallest absolute Gasteiger partial charge is 0.238 e. The summed E-state index contributed by atoms with van der Waals surface area (Å²) in [5.74, 6) is -0.498. The van der Waals surface area contributed by atoms with Gasteiger partial charge in [0.1, 0.15) is 0 Å². The number of hydrogen-bond donors (Lipinski definition) is 3. The molecule has 0 radical (unpaired) electrons. The quantitative estimate of drug-likeness (QED) is 0.460. The Balaban J connectivity index is 2.02. The maximum atomic E-state index is 12.4. The molecule has 0 fully saturated rings. The molecule has 1 heterocycles. The lowest BCUT2D eigenvalue weighted by Crippen LogP contribution is -2.24. The van der Waals surface area contributed by atoms with Crippen molar-refractivity contribution in [3.8, 4) is 0 Å². The Kier molecular flexibility index (Phi) is 6.69. The number of benzene rings is 1. The Morgan fingerprint density at radius 3 is 2.42 bits per heavy atom. The number of hydrogen-bond acceptors (Lipinski definition) is 8. The van der Waals surface area contributed by atoms with Gasteiger partial charge in [-0.1, -0.05) is 30.0 Å². The summed E-state index contributed by atoms with van der Waals surface area (Å²) in [5, 5.41) is 18.0. The number of carbonyl (C=O) groups excluding carboxylic acids is 2. The monoisotopic (exact) mass is 415 g/mol. The molecule has 0 saturated carbocycles. The second-order valence-corrected chi connectivity index (χ2v) is 9.12. The average molecular weight is 416 g/mol. The average Bonchev–Trinajstić information content (AvgIpc) is 2.98. The van der Waals surface area contributed by atoms with Crippen LogP contribution in [-0.2, 0) is 19.6 Å². The van der Waals surface area contributed by atoms with Gasteiger partial charge in [-0.3, -0.25) is 9.59 Å². The van der Waals surface area contributed by atoms with E-state index in [0.717, 1.165) is 0 Å². The van der Waals surface area contributed by atoms with Crippen LogP contribution in [0.1, 0.15) is 20.3 Å². The van der Waals surface area contributed by atoms with Crippen molar-refractivity contribution in [1.29, 1.82) is 0 Å². The Bertz CT molecular complexity index is 896. The molecule has 0 unspecified atom stereocenters. The van der Waals surface area contributed by atoms with E-state index in [4.69, 9.17) is 5.14 Å². The summed E-state index contributed by atoms with van der Waals surface area (Å²) in [5.41, 5.74) is 0.456. The number of thioether (sulfide) groups is 1. The highest BCUT2D eigenvalue weighted by Crippen LogP contribution is 2.31. The number of amides is 2. The predicted molar refractivity (Wildman–Crippen MR) is 101 cm³/mol. The second kappa shape index (κ2) is 8.58. The molecule has 140 valence electrons. The molecule has 0 aliphatic heterocycles. The highest BCUT2D eigenvalue weighted by atomic mass is 32.2. The van der Waals surface area contributed by atoms with Crippen LogP contribution in [0.15, 0.2) is 33.5 Å². The van der Waals surface area contributed by atoms with E-state index in [-0.39, 0.29) is 16.7 Å². The molecule has 26 heavy (non-hydrogen) atoms. The first-order chi connectivity index (χ1) is 12.2. The predicted octanol–water partition coefficient (Wildman–Crippen LogP) is 1.65. The molecule has 1 aromatic carbocycles. The van der Waals surface area contributed by atoms with Gasteiger partial charge in [0.15, 0.2) is 4.34 Å². The van der Waals surface area contributed by atoms with Crippen LogP contribution in [0.3, 0.4) is 0 Å². The summed E-state index contributed by atoms with van der Waals surface area (Å²) in [6.45, 7) is 3.23. The summed E-state index contributed by atoms with van der Waals surface area (Å²) < 4.78 is 23.0. The maximum absolute atomic E-state index is 12.4. The molecule has 9 nitrogen and oxygen atoms in total. The number of nitrogens with zero attached hydrogens (tertiary/aromatic N) is 2. The van der Waals surface area contributed by atoms with Gasteiger partial charge < -0.3 is 10.6 Å². The zero-order valence-corrected chi connectivity index (χ0v) is 16.4. The van der Waals surface area contributed by atoms with Crippen LogP contribution in [0, 0.1) is 0 Å². The van der Waals surface area contributed by atoms with Gasteiger partial charge in [-0.15, -0.1) is 10.2 Å². The van der Waals surface area contributed by atoms with E-state index in [1.165, 1.54) is 54.3 Å². The van der Waals surface area contributed by atoms with E-state index >= 15 is 0 Å². The number of aromatic nitrogens is 2. The number of primary sulfonamides is 1. The Hall–Kier alpha value is -2.02. The van der Waals surface area contributed by atoms with Crippen molar-refractivity contribution in [3.63, 3.8) is 0 Å². The first-order valence-corrected chi connectivity index (χ1v) is 10.6. The van der Waals surface area contributed by atoms with E-state index in [9.17, 15) is 18.0 Å². The normalized spacial score (nSPS) is 12.4. The molecule has 0 bridgehead atoms. The van der Waals surface area contributed by atoms with E-state index in [2.05, 4.69) is 20.8 Å². The molecule has 0 spiro atoms. The van der Waals surface area contributed by atoms with Crippen molar-refractivity contribution in [2.75, 3.05) is 10.6 Å². The van der Waals surface area contributed by atoms with E-state index in [0.29, 0.717) is 21.6 Å². The molecule has 12 heteroatoms. The van der Waals surface area contributed by atoms with Gasteiger partial charge in [-0.25, -0.2) is 13.6 Å². The first-order valence-electron chi connectivity index (χ1n) is 7.40. The van der Waals surface area contributed by atoms with Crippen LogP contribution in [0.4, 0.5) is 10.8 Å². The van der Waals surface area contributed by atoms with E-state index in [1.807, 2.05) is 6.92 Å². The van der Waals surface area contributed by atoms with Gasteiger partial charge in [0, 0.05) is 12.6 Å².